The third-order valence-electron chi connectivity index (χ3n) is 4.94. The molecule has 0 unspecified atom stereocenters. The number of H-pyrrole nitrogens is 1. The summed E-state index contributed by atoms with van der Waals surface area (Å²) in [7, 11) is 0. The molecule has 4 rings (SSSR count). The molecule has 1 aliphatic rings. The third-order valence-corrected chi connectivity index (χ3v) is 6.22. The Morgan fingerprint density at radius 1 is 1.24 bits per heavy atom. The van der Waals surface area contributed by atoms with E-state index >= 15 is 0 Å². The van der Waals surface area contributed by atoms with Gasteiger partial charge in [0.25, 0.3) is 0 Å². The van der Waals surface area contributed by atoms with Gasteiger partial charge in [0.2, 0.25) is 11.7 Å². The van der Waals surface area contributed by atoms with Crippen molar-refractivity contribution in [1.29, 1.82) is 0 Å². The first-order valence-electron chi connectivity index (χ1n) is 9.18. The molecule has 1 saturated heterocycles. The first kappa shape index (κ1) is 19.3. The quantitative estimate of drug-likeness (QED) is 0.510. The minimum absolute atomic E-state index is 0.253. The number of hydrogen-bond acceptors (Lipinski definition) is 6. The van der Waals surface area contributed by atoms with Crippen LogP contribution in [0.4, 0.5) is 0 Å². The van der Waals surface area contributed by atoms with E-state index in [2.05, 4.69) is 4.98 Å². The lowest BCUT2D eigenvalue weighted by Gasteiger charge is -2.25. The van der Waals surface area contributed by atoms with Crippen molar-refractivity contribution >= 4 is 40.3 Å². The van der Waals surface area contributed by atoms with Gasteiger partial charge < -0.3 is 19.0 Å². The van der Waals surface area contributed by atoms with Crippen LogP contribution in [0, 0.1) is 6.92 Å². The Morgan fingerprint density at radius 3 is 2.76 bits per heavy atom. The number of carbonyl (C=O) groups is 3. The summed E-state index contributed by atoms with van der Waals surface area (Å²) in [5.41, 5.74) is 2.11. The van der Waals surface area contributed by atoms with Gasteiger partial charge in [0.1, 0.15) is 17.2 Å². The minimum atomic E-state index is -0.760. The molecule has 0 saturated carbocycles. The summed E-state index contributed by atoms with van der Waals surface area (Å²) in [5, 5.41) is 0.414. The number of esters is 1. The molecule has 1 amide bonds. The molecule has 1 aliphatic heterocycles. The summed E-state index contributed by atoms with van der Waals surface area (Å²) in [5.74, 6) is -0.143. The Hall–Kier alpha value is -3.00. The first-order valence-corrected chi connectivity index (χ1v) is 10.2. The maximum atomic E-state index is 12.7. The maximum absolute atomic E-state index is 12.7. The number of ketones is 1. The van der Waals surface area contributed by atoms with Crippen LogP contribution in [0.2, 0.25) is 0 Å². The van der Waals surface area contributed by atoms with E-state index in [-0.39, 0.29) is 23.7 Å². The second kappa shape index (κ2) is 7.79. The zero-order valence-electron chi connectivity index (χ0n) is 16.0. The fraction of sp³-hybridized carbons (Fsp3) is 0.286. The predicted octanol–water partition coefficient (Wildman–Crippen LogP) is 3.46. The molecular weight excluding hydrogens is 392 g/mol. The van der Waals surface area contributed by atoms with E-state index in [1.54, 1.807) is 12.1 Å². The largest absolute Gasteiger partial charge is 0.466 e. The van der Waals surface area contributed by atoms with Crippen LogP contribution in [-0.2, 0) is 14.3 Å². The molecule has 8 heteroatoms. The van der Waals surface area contributed by atoms with E-state index in [4.69, 9.17) is 9.15 Å². The molecule has 29 heavy (non-hydrogen) atoms. The number of Topliss-reactive ketones (excluding diaryl/α,β-unsaturated/α-hetero) is 1. The topological polar surface area (TPSA) is 92.6 Å². The van der Waals surface area contributed by atoms with Crippen LogP contribution in [0.3, 0.4) is 0 Å². The highest BCUT2D eigenvalue weighted by molar-refractivity contribution is 7.99. The highest BCUT2D eigenvalue weighted by atomic mass is 32.2. The first-order chi connectivity index (χ1) is 14.0. The lowest BCUT2D eigenvalue weighted by Crippen LogP contribution is -2.43. The summed E-state index contributed by atoms with van der Waals surface area (Å²) in [6.45, 7) is 2.84. The number of hydrogen-bond donors (Lipinski definition) is 1. The fourth-order valence-corrected chi connectivity index (χ4v) is 5.08. The standard InChI is InChI=1S/C21H20N2O5S/c1-12-19(14-6-3-4-7-15(14)22-12)17(25)10-28-21(26)16-11-29-20(23(16)13(2)24)18-8-5-9-27-18/h3-9,16,20,22H,10-11H2,1-2H3/t16-,20-/m1/s1. The highest BCUT2D eigenvalue weighted by Gasteiger charge is 2.43. The average Bonchev–Trinajstić information content (AvgIpc) is 3.42. The van der Waals surface area contributed by atoms with Crippen molar-refractivity contribution in [1.82, 2.24) is 9.88 Å². The van der Waals surface area contributed by atoms with Crippen molar-refractivity contribution in [2.75, 3.05) is 12.4 Å². The van der Waals surface area contributed by atoms with Gasteiger partial charge in [-0.1, -0.05) is 18.2 Å². The Bertz CT molecular complexity index is 1070. The molecule has 2 atom stereocenters. The van der Waals surface area contributed by atoms with Crippen molar-refractivity contribution in [2.45, 2.75) is 25.3 Å². The number of aromatic amines is 1. The number of para-hydroxylation sites is 1. The lowest BCUT2D eigenvalue weighted by atomic mass is 10.1. The van der Waals surface area contributed by atoms with Crippen LogP contribution in [0.15, 0.2) is 47.1 Å². The molecule has 7 nitrogen and oxygen atoms in total. The van der Waals surface area contributed by atoms with Gasteiger partial charge in [-0.15, -0.1) is 11.8 Å². The fourth-order valence-electron chi connectivity index (χ4n) is 3.66. The van der Waals surface area contributed by atoms with Crippen molar-refractivity contribution in [3.8, 4) is 0 Å². The number of nitrogens with zero attached hydrogens (tertiary/aromatic N) is 1. The number of amides is 1. The predicted molar refractivity (Wildman–Crippen MR) is 109 cm³/mol. The lowest BCUT2D eigenvalue weighted by molar-refractivity contribution is -0.152. The van der Waals surface area contributed by atoms with Crippen molar-refractivity contribution in [2.24, 2.45) is 0 Å². The number of furan rings is 1. The summed E-state index contributed by atoms with van der Waals surface area (Å²) >= 11 is 1.43. The normalized spacial score (nSPS) is 18.9. The van der Waals surface area contributed by atoms with Crippen LogP contribution in [0.5, 0.6) is 0 Å². The van der Waals surface area contributed by atoms with Crippen molar-refractivity contribution < 1.29 is 23.5 Å². The zero-order valence-corrected chi connectivity index (χ0v) is 16.8. The Morgan fingerprint density at radius 2 is 2.03 bits per heavy atom. The van der Waals surface area contributed by atoms with Gasteiger partial charge in [-0.2, -0.15) is 0 Å². The monoisotopic (exact) mass is 412 g/mol. The summed E-state index contributed by atoms with van der Waals surface area (Å²) in [4.78, 5) is 42.2. The van der Waals surface area contributed by atoms with E-state index in [1.165, 1.54) is 29.8 Å². The van der Waals surface area contributed by atoms with Gasteiger partial charge in [-0.3, -0.25) is 9.59 Å². The van der Waals surface area contributed by atoms with Crippen LogP contribution >= 0.6 is 11.8 Å². The second-order valence-corrected chi connectivity index (χ2v) is 7.96. The summed E-state index contributed by atoms with van der Waals surface area (Å²) in [6.07, 6.45) is 1.53. The van der Waals surface area contributed by atoms with Gasteiger partial charge in [-0.25, -0.2) is 4.79 Å². The second-order valence-electron chi connectivity index (χ2n) is 6.84. The number of carbonyl (C=O) groups excluding carboxylic acids is 3. The van der Waals surface area contributed by atoms with E-state index in [0.29, 0.717) is 17.1 Å². The number of benzene rings is 1. The number of thioether (sulfide) groups is 1. The smallest absolute Gasteiger partial charge is 0.330 e. The molecule has 0 aliphatic carbocycles. The molecule has 0 bridgehead atoms. The van der Waals surface area contributed by atoms with E-state index in [0.717, 1.165) is 16.6 Å². The number of rotatable bonds is 5. The number of aromatic nitrogens is 1. The molecule has 1 aromatic carbocycles. The summed E-state index contributed by atoms with van der Waals surface area (Å²) in [6, 6.07) is 10.2. The maximum Gasteiger partial charge on any atom is 0.330 e. The molecule has 3 heterocycles. The van der Waals surface area contributed by atoms with Gasteiger partial charge in [0, 0.05) is 34.8 Å². The minimum Gasteiger partial charge on any atom is -0.466 e. The third kappa shape index (κ3) is 3.55. The Kier molecular flexibility index (Phi) is 5.19. The van der Waals surface area contributed by atoms with Gasteiger partial charge in [0.15, 0.2) is 6.61 Å². The SMILES string of the molecule is CC(=O)N1[C@@H](C(=O)OCC(=O)c2c(C)[nH]c3ccccc23)CS[C@@H]1c1ccco1. The van der Waals surface area contributed by atoms with E-state index in [9.17, 15) is 14.4 Å². The zero-order chi connectivity index (χ0) is 20.5. The number of aryl methyl sites for hydroxylation is 1. The van der Waals surface area contributed by atoms with Gasteiger partial charge in [0.05, 0.1) is 6.26 Å². The molecule has 150 valence electrons. The Balaban J connectivity index is 1.47. The molecule has 2 aromatic heterocycles. The average molecular weight is 412 g/mol. The van der Waals surface area contributed by atoms with E-state index in [1.807, 2.05) is 31.2 Å². The molecule has 0 spiro atoms. The van der Waals surface area contributed by atoms with Gasteiger partial charge >= 0.3 is 5.97 Å². The Labute approximate surface area is 171 Å². The molecule has 1 fully saturated rings. The van der Waals surface area contributed by atoms with Crippen LogP contribution in [0.1, 0.15) is 34.1 Å². The number of fused-ring (bicyclic) bond motifs is 1. The molecule has 0 radical (unpaired) electrons. The van der Waals surface area contributed by atoms with E-state index < -0.39 is 12.0 Å². The highest BCUT2D eigenvalue weighted by Crippen LogP contribution is 2.41. The van der Waals surface area contributed by atoms with Gasteiger partial charge in [-0.05, 0) is 25.1 Å². The number of ether oxygens (including phenoxy) is 1. The van der Waals surface area contributed by atoms with Crippen molar-refractivity contribution in [3.63, 3.8) is 0 Å². The molecule has 1 N–H and O–H groups in total. The number of nitrogens with one attached hydrogen (secondary N) is 1. The van der Waals surface area contributed by atoms with Crippen LogP contribution in [-0.4, -0.2) is 45.9 Å². The van der Waals surface area contributed by atoms with Crippen molar-refractivity contribution in [3.05, 3.63) is 59.7 Å². The molecule has 3 aromatic rings. The van der Waals surface area contributed by atoms with Crippen LogP contribution in [0.25, 0.3) is 10.9 Å². The summed E-state index contributed by atoms with van der Waals surface area (Å²) < 4.78 is 10.7. The molecular formula is C21H20N2O5S. The van der Waals surface area contributed by atoms with Crippen LogP contribution < -0.4 is 0 Å².